The number of carbonyl (C=O) groups excluding carboxylic acids is 1. The van der Waals surface area contributed by atoms with E-state index < -0.39 is 0 Å². The zero-order valence-electron chi connectivity index (χ0n) is 25.6. The number of hydrogen-bond acceptors (Lipinski definition) is 9. The minimum atomic E-state index is -0.225. The van der Waals surface area contributed by atoms with Crippen molar-refractivity contribution in [3.63, 3.8) is 0 Å². The summed E-state index contributed by atoms with van der Waals surface area (Å²) < 4.78 is 13.0. The number of ether oxygens (including phenoxy) is 2. The number of piperidine rings is 1. The molecule has 12 nitrogen and oxygen atoms in total. The first-order chi connectivity index (χ1) is 20.8. The fourth-order valence-electron chi connectivity index (χ4n) is 6.44. The third-order valence-corrected chi connectivity index (χ3v) is 8.60. The number of nitrogens with one attached hydrogen (secondary N) is 3. The van der Waals surface area contributed by atoms with E-state index in [0.717, 1.165) is 65.9 Å². The van der Waals surface area contributed by atoms with Crippen molar-refractivity contribution in [2.24, 2.45) is 7.05 Å². The van der Waals surface area contributed by atoms with E-state index >= 15 is 0 Å². The number of amides is 1. The van der Waals surface area contributed by atoms with Crippen LogP contribution < -0.4 is 15.4 Å². The standard InChI is InChI=1S/C31H41N9O3/c1-6-43-21-14-26(40(17-21)20-10-12-38(3)13-11-20)29(41)34-24-9-7-8-22-23(16-32-28(22)24)27-19(2)15-33-31(36-27)35-25-18-39(4)37-30(25)42-5/h7-9,15-16,18,20-21,26,32H,6,10-14,17H2,1-5H3,(H,34,41)(H,33,35,36)/t21-,26+/m0/s1. The smallest absolute Gasteiger partial charge is 0.256 e. The van der Waals surface area contributed by atoms with Gasteiger partial charge in [-0.25, -0.2) is 9.97 Å². The Bertz CT molecular complexity index is 1590. The molecule has 0 aliphatic carbocycles. The molecule has 43 heavy (non-hydrogen) atoms. The molecule has 12 heteroatoms. The summed E-state index contributed by atoms with van der Waals surface area (Å²) in [6, 6.07) is 6.13. The highest BCUT2D eigenvalue weighted by Crippen LogP contribution is 2.35. The Hall–Kier alpha value is -4.00. The molecule has 228 valence electrons. The quantitative estimate of drug-likeness (QED) is 0.267. The molecule has 6 rings (SSSR count). The number of anilines is 3. The van der Waals surface area contributed by atoms with E-state index in [1.807, 2.05) is 51.5 Å². The van der Waals surface area contributed by atoms with Gasteiger partial charge in [-0.2, -0.15) is 0 Å². The van der Waals surface area contributed by atoms with Crippen LogP contribution in [-0.4, -0.2) is 99.0 Å². The highest BCUT2D eigenvalue weighted by molar-refractivity contribution is 6.06. The Balaban J connectivity index is 1.25. The number of methoxy groups -OCH3 is 1. The molecule has 0 bridgehead atoms. The van der Waals surface area contributed by atoms with E-state index in [4.69, 9.17) is 14.5 Å². The van der Waals surface area contributed by atoms with E-state index in [0.29, 0.717) is 36.6 Å². The van der Waals surface area contributed by atoms with Gasteiger partial charge >= 0.3 is 0 Å². The third-order valence-electron chi connectivity index (χ3n) is 8.60. The lowest BCUT2D eigenvalue weighted by atomic mass is 10.0. The summed E-state index contributed by atoms with van der Waals surface area (Å²) in [6.45, 7) is 7.56. The minimum Gasteiger partial charge on any atom is -0.478 e. The lowest BCUT2D eigenvalue weighted by molar-refractivity contribution is -0.121. The average molecular weight is 588 g/mol. The van der Waals surface area contributed by atoms with Crippen molar-refractivity contribution in [3.8, 4) is 17.1 Å². The van der Waals surface area contributed by atoms with Gasteiger partial charge in [0.2, 0.25) is 11.9 Å². The van der Waals surface area contributed by atoms with Gasteiger partial charge in [0.05, 0.1) is 42.4 Å². The van der Waals surface area contributed by atoms with Crippen LogP contribution in [0.15, 0.2) is 36.8 Å². The second-order valence-corrected chi connectivity index (χ2v) is 11.6. The van der Waals surface area contributed by atoms with E-state index in [1.165, 1.54) is 0 Å². The van der Waals surface area contributed by atoms with Crippen LogP contribution in [0.3, 0.4) is 0 Å². The molecule has 5 heterocycles. The lowest BCUT2D eigenvalue weighted by Crippen LogP contribution is -2.49. The Morgan fingerprint density at radius 3 is 2.77 bits per heavy atom. The Morgan fingerprint density at radius 1 is 1.19 bits per heavy atom. The van der Waals surface area contributed by atoms with Crippen LogP contribution in [0, 0.1) is 6.92 Å². The molecule has 3 N–H and O–H groups in total. The maximum Gasteiger partial charge on any atom is 0.256 e. The maximum absolute atomic E-state index is 13.9. The van der Waals surface area contributed by atoms with Crippen LogP contribution in [0.25, 0.3) is 22.2 Å². The third kappa shape index (κ3) is 5.95. The fourth-order valence-corrected chi connectivity index (χ4v) is 6.44. The van der Waals surface area contributed by atoms with Gasteiger partial charge in [-0.1, -0.05) is 12.1 Å². The van der Waals surface area contributed by atoms with Gasteiger partial charge < -0.3 is 30.0 Å². The molecule has 0 unspecified atom stereocenters. The van der Waals surface area contributed by atoms with Crippen molar-refractivity contribution in [3.05, 3.63) is 42.4 Å². The van der Waals surface area contributed by atoms with Crippen LogP contribution >= 0.6 is 0 Å². The van der Waals surface area contributed by atoms with E-state index in [-0.39, 0.29) is 18.1 Å². The zero-order chi connectivity index (χ0) is 30.1. The minimum absolute atomic E-state index is 0.0138. The molecule has 4 aromatic rings. The predicted octanol–water partition coefficient (Wildman–Crippen LogP) is 3.93. The topological polar surface area (TPSA) is 125 Å². The van der Waals surface area contributed by atoms with Crippen molar-refractivity contribution in [1.29, 1.82) is 0 Å². The number of carbonyl (C=O) groups is 1. The van der Waals surface area contributed by atoms with Crippen LogP contribution in [0.2, 0.25) is 0 Å². The molecular weight excluding hydrogens is 546 g/mol. The first-order valence-electron chi connectivity index (χ1n) is 15.0. The summed E-state index contributed by atoms with van der Waals surface area (Å²) in [5, 5.41) is 11.7. The van der Waals surface area contributed by atoms with Crippen molar-refractivity contribution >= 4 is 34.1 Å². The summed E-state index contributed by atoms with van der Waals surface area (Å²) in [5.41, 5.74) is 4.94. The second kappa shape index (κ2) is 12.3. The molecule has 2 atom stereocenters. The van der Waals surface area contributed by atoms with Crippen LogP contribution in [0.5, 0.6) is 5.88 Å². The van der Waals surface area contributed by atoms with E-state index in [9.17, 15) is 4.79 Å². The van der Waals surface area contributed by atoms with E-state index in [1.54, 1.807) is 18.0 Å². The van der Waals surface area contributed by atoms with Gasteiger partial charge in [0.1, 0.15) is 5.69 Å². The van der Waals surface area contributed by atoms with E-state index in [2.05, 4.69) is 42.5 Å². The van der Waals surface area contributed by atoms with Crippen LogP contribution in [-0.2, 0) is 16.6 Å². The van der Waals surface area contributed by atoms with Gasteiger partial charge in [-0.05, 0) is 64.9 Å². The Morgan fingerprint density at radius 2 is 2.00 bits per heavy atom. The number of rotatable bonds is 9. The average Bonchev–Trinajstić information content (AvgIpc) is 3.72. The summed E-state index contributed by atoms with van der Waals surface area (Å²) in [6.07, 6.45) is 8.46. The maximum atomic E-state index is 13.9. The highest BCUT2D eigenvalue weighted by Gasteiger charge is 2.41. The molecule has 0 radical (unpaired) electrons. The number of aromatic amines is 1. The molecule has 2 fully saturated rings. The fraction of sp³-hybridized carbons (Fsp3) is 0.484. The van der Waals surface area contributed by atoms with Crippen LogP contribution in [0.1, 0.15) is 31.7 Å². The summed E-state index contributed by atoms with van der Waals surface area (Å²) >= 11 is 0. The van der Waals surface area contributed by atoms with Gasteiger partial charge in [0.25, 0.3) is 5.88 Å². The Labute approximate surface area is 251 Å². The SMILES string of the molecule is CCO[C@H]1C[C@H](C(=O)Nc2cccc3c(-c4nc(Nc5cn(C)nc5OC)ncc4C)c[nH]c23)N(C2CCN(C)CC2)C1. The molecule has 1 aromatic carbocycles. The monoisotopic (exact) mass is 587 g/mol. The normalized spacial score (nSPS) is 20.1. The first-order valence-corrected chi connectivity index (χ1v) is 15.0. The molecule has 0 saturated carbocycles. The molecule has 3 aromatic heterocycles. The number of aryl methyl sites for hydroxylation is 2. The van der Waals surface area contributed by atoms with Gasteiger partial charge in [-0.15, -0.1) is 5.10 Å². The number of para-hydroxylation sites is 1. The molecule has 2 aliphatic heterocycles. The number of nitrogens with zero attached hydrogens (tertiary/aromatic N) is 6. The van der Waals surface area contributed by atoms with Crippen LogP contribution in [0.4, 0.5) is 17.3 Å². The predicted molar refractivity (Wildman–Crippen MR) is 167 cm³/mol. The zero-order valence-corrected chi connectivity index (χ0v) is 25.6. The molecule has 0 spiro atoms. The number of fused-ring (bicyclic) bond motifs is 1. The van der Waals surface area contributed by atoms with Crippen molar-refractivity contribution in [2.75, 3.05) is 51.0 Å². The van der Waals surface area contributed by atoms with Crippen molar-refractivity contribution < 1.29 is 14.3 Å². The lowest BCUT2D eigenvalue weighted by Gasteiger charge is -2.37. The molecule has 2 aliphatic rings. The molecule has 1 amide bonds. The van der Waals surface area contributed by atoms with Gasteiger partial charge in [-0.3, -0.25) is 14.4 Å². The molecular formula is C31H41N9O3. The number of H-pyrrole nitrogens is 1. The summed E-state index contributed by atoms with van der Waals surface area (Å²) in [4.78, 5) is 31.3. The Kier molecular flexibility index (Phi) is 8.33. The number of aromatic nitrogens is 5. The second-order valence-electron chi connectivity index (χ2n) is 11.6. The van der Waals surface area contributed by atoms with Gasteiger partial charge in [0.15, 0.2) is 0 Å². The summed E-state index contributed by atoms with van der Waals surface area (Å²) in [7, 11) is 5.57. The number of hydrogen-bond donors (Lipinski definition) is 3. The first kappa shape index (κ1) is 29.1. The number of likely N-dealkylation sites (tertiary alicyclic amines) is 2. The largest absolute Gasteiger partial charge is 0.478 e. The van der Waals surface area contributed by atoms with Crippen molar-refractivity contribution in [1.82, 2.24) is 34.5 Å². The molecule has 2 saturated heterocycles. The summed E-state index contributed by atoms with van der Waals surface area (Å²) in [5.74, 6) is 0.912. The highest BCUT2D eigenvalue weighted by atomic mass is 16.5. The number of benzene rings is 1. The van der Waals surface area contributed by atoms with Gasteiger partial charge in [0, 0.05) is 49.6 Å². The van der Waals surface area contributed by atoms with Crippen molar-refractivity contribution in [2.45, 2.75) is 51.3 Å².